The van der Waals surface area contributed by atoms with Gasteiger partial charge in [0, 0.05) is 6.92 Å². The van der Waals surface area contributed by atoms with Gasteiger partial charge in [-0.25, -0.2) is 0 Å². The van der Waals surface area contributed by atoms with Crippen molar-refractivity contribution in [3.8, 4) is 0 Å². The van der Waals surface area contributed by atoms with Crippen LogP contribution in [0.15, 0.2) is 0 Å². The van der Waals surface area contributed by atoms with Gasteiger partial charge in [0.1, 0.15) is 19.8 Å². The summed E-state index contributed by atoms with van der Waals surface area (Å²) in [6.45, 7) is 0.936. The Morgan fingerprint density at radius 3 is 2.38 bits per heavy atom. The van der Waals surface area contributed by atoms with Crippen LogP contribution in [-0.2, 0) is 32.7 Å². The first kappa shape index (κ1) is 20.0. The fourth-order valence-electron chi connectivity index (χ4n) is 1.05. The largest absolute Gasteiger partial charge is 0.756 e. The summed E-state index contributed by atoms with van der Waals surface area (Å²) in [6, 6.07) is 0. The van der Waals surface area contributed by atoms with E-state index in [1.54, 1.807) is 0 Å². The third-order valence-corrected chi connectivity index (χ3v) is 3.11. The van der Waals surface area contributed by atoms with E-state index < -0.39 is 26.5 Å². The zero-order chi connectivity index (χ0) is 16.5. The molecule has 9 nitrogen and oxygen atoms in total. The third kappa shape index (κ3) is 12.5. The molecule has 0 aliphatic rings. The molecule has 0 aliphatic heterocycles. The van der Waals surface area contributed by atoms with E-state index in [1.807, 2.05) is 21.1 Å². The zero-order valence-electron chi connectivity index (χ0n) is 12.6. The number of rotatable bonds is 11. The lowest BCUT2D eigenvalue weighted by molar-refractivity contribution is -0.870. The van der Waals surface area contributed by atoms with Crippen molar-refractivity contribution < 1.29 is 42.1 Å². The van der Waals surface area contributed by atoms with Gasteiger partial charge in [0.05, 0.1) is 27.7 Å². The highest BCUT2D eigenvalue weighted by molar-refractivity contribution is 7.45. The second-order valence-electron chi connectivity index (χ2n) is 5.25. The van der Waals surface area contributed by atoms with Crippen molar-refractivity contribution in [1.82, 2.24) is 0 Å². The zero-order valence-corrected chi connectivity index (χ0v) is 13.5. The van der Waals surface area contributed by atoms with Crippen LogP contribution in [0.1, 0.15) is 6.92 Å². The van der Waals surface area contributed by atoms with E-state index in [0.717, 1.165) is 0 Å². The van der Waals surface area contributed by atoms with Crippen LogP contribution >= 0.6 is 7.82 Å². The number of ether oxygens (including phenoxy) is 2. The first-order valence-electron chi connectivity index (χ1n) is 6.19. The monoisotopic (exact) mass is 327 g/mol. The molecule has 2 atom stereocenters. The van der Waals surface area contributed by atoms with Gasteiger partial charge in [-0.15, -0.1) is 0 Å². The molecule has 0 aromatic heterocycles. The Bertz CT molecular complexity index is 381. The average molecular weight is 327 g/mol. The number of hydrogen-bond donors (Lipinski definition) is 0. The van der Waals surface area contributed by atoms with E-state index in [-0.39, 0.29) is 19.7 Å². The van der Waals surface area contributed by atoms with Crippen molar-refractivity contribution in [2.24, 2.45) is 0 Å². The number of quaternary nitrogens is 1. The van der Waals surface area contributed by atoms with Crippen LogP contribution in [0.3, 0.4) is 0 Å². The molecular weight excluding hydrogens is 305 g/mol. The Labute approximate surface area is 123 Å². The standard InChI is InChI=1S/C11H22NO8P/c1-10(14)17-7-11(18-9-13)8-20-21(15,16)19-6-5-12(2,3)4/h9,11H,5-8H2,1-4H3. The minimum Gasteiger partial charge on any atom is -0.756 e. The molecule has 0 saturated heterocycles. The predicted octanol–water partition coefficient (Wildman–Crippen LogP) is -0.701. The summed E-state index contributed by atoms with van der Waals surface area (Å²) in [5, 5.41) is 0. The molecule has 2 unspecified atom stereocenters. The number of esters is 1. The molecule has 0 aromatic carbocycles. The van der Waals surface area contributed by atoms with Gasteiger partial charge in [-0.05, 0) is 0 Å². The molecule has 0 spiro atoms. The van der Waals surface area contributed by atoms with Gasteiger partial charge in [-0.2, -0.15) is 0 Å². The maximum atomic E-state index is 11.5. The van der Waals surface area contributed by atoms with E-state index in [0.29, 0.717) is 11.0 Å². The number of carbonyl (C=O) groups excluding carboxylic acids is 2. The third-order valence-electron chi connectivity index (χ3n) is 2.15. The predicted molar refractivity (Wildman–Crippen MR) is 70.0 cm³/mol. The maximum absolute atomic E-state index is 11.5. The average Bonchev–Trinajstić information content (AvgIpc) is 2.30. The molecule has 0 radical (unpaired) electrons. The van der Waals surface area contributed by atoms with Crippen molar-refractivity contribution in [3.63, 3.8) is 0 Å². The van der Waals surface area contributed by atoms with Crippen molar-refractivity contribution in [2.75, 3.05) is 47.5 Å². The number of nitrogens with zero attached hydrogens (tertiary/aromatic N) is 1. The summed E-state index contributed by atoms with van der Waals surface area (Å²) in [4.78, 5) is 32.4. The van der Waals surface area contributed by atoms with Crippen LogP contribution in [-0.4, -0.2) is 70.5 Å². The van der Waals surface area contributed by atoms with Gasteiger partial charge >= 0.3 is 5.97 Å². The highest BCUT2D eigenvalue weighted by Crippen LogP contribution is 2.38. The Morgan fingerprint density at radius 1 is 1.29 bits per heavy atom. The first-order chi connectivity index (χ1) is 9.56. The Balaban J connectivity index is 4.19. The molecule has 0 saturated carbocycles. The smallest absolute Gasteiger partial charge is 0.302 e. The Hall–Kier alpha value is -0.990. The fraction of sp³-hybridized carbons (Fsp3) is 0.818. The molecule has 0 heterocycles. The van der Waals surface area contributed by atoms with Crippen molar-refractivity contribution in [2.45, 2.75) is 13.0 Å². The molecule has 0 amide bonds. The van der Waals surface area contributed by atoms with Crippen molar-refractivity contribution in [3.05, 3.63) is 0 Å². The molecule has 0 fully saturated rings. The van der Waals surface area contributed by atoms with Gasteiger partial charge in [0.2, 0.25) is 0 Å². The summed E-state index contributed by atoms with van der Waals surface area (Å²) >= 11 is 0. The molecule has 21 heavy (non-hydrogen) atoms. The lowest BCUT2D eigenvalue weighted by Crippen LogP contribution is -2.37. The van der Waals surface area contributed by atoms with E-state index >= 15 is 0 Å². The molecule has 0 rings (SSSR count). The first-order valence-corrected chi connectivity index (χ1v) is 7.65. The minimum atomic E-state index is -4.50. The molecule has 0 bridgehead atoms. The van der Waals surface area contributed by atoms with Crippen LogP contribution in [0.2, 0.25) is 0 Å². The normalized spacial score (nSPS) is 15.9. The van der Waals surface area contributed by atoms with Gasteiger partial charge in [-0.3, -0.25) is 14.2 Å². The molecule has 0 aromatic rings. The summed E-state index contributed by atoms with van der Waals surface area (Å²) in [6.07, 6.45) is -1.02. The molecule has 0 N–H and O–H groups in total. The van der Waals surface area contributed by atoms with Crippen LogP contribution in [0, 0.1) is 0 Å². The lowest BCUT2D eigenvalue weighted by atomic mass is 10.4. The number of phosphoric ester groups is 1. The molecular formula is C11H22NO8P. The van der Waals surface area contributed by atoms with E-state index in [1.165, 1.54) is 6.92 Å². The summed E-state index contributed by atoms with van der Waals surface area (Å²) in [7, 11) is 1.15. The number of hydrogen-bond acceptors (Lipinski definition) is 8. The van der Waals surface area contributed by atoms with E-state index in [9.17, 15) is 19.0 Å². The molecule has 10 heteroatoms. The molecule has 124 valence electrons. The van der Waals surface area contributed by atoms with Crippen molar-refractivity contribution >= 4 is 20.3 Å². The maximum Gasteiger partial charge on any atom is 0.302 e. The van der Waals surface area contributed by atoms with Crippen LogP contribution in [0.4, 0.5) is 0 Å². The van der Waals surface area contributed by atoms with Gasteiger partial charge < -0.3 is 27.9 Å². The SMILES string of the molecule is CC(=O)OCC(COP(=O)([O-])OCC[N+](C)(C)C)OC=O. The van der Waals surface area contributed by atoms with Crippen LogP contribution < -0.4 is 4.89 Å². The second kappa shape index (κ2) is 9.11. The van der Waals surface area contributed by atoms with E-state index in [2.05, 4.69) is 18.5 Å². The number of likely N-dealkylation sites (N-methyl/N-ethyl adjacent to an activating group) is 1. The van der Waals surface area contributed by atoms with E-state index in [4.69, 9.17) is 0 Å². The Morgan fingerprint density at radius 2 is 1.90 bits per heavy atom. The Kier molecular flexibility index (Phi) is 8.68. The second-order valence-corrected chi connectivity index (χ2v) is 6.66. The number of phosphoric acid groups is 1. The summed E-state index contributed by atoms with van der Waals surface area (Å²) in [5.74, 6) is -0.584. The lowest BCUT2D eigenvalue weighted by Gasteiger charge is -2.28. The van der Waals surface area contributed by atoms with Crippen LogP contribution in [0.25, 0.3) is 0 Å². The fourth-order valence-corrected chi connectivity index (χ4v) is 1.78. The summed E-state index contributed by atoms with van der Waals surface area (Å²) in [5.41, 5.74) is 0. The summed E-state index contributed by atoms with van der Waals surface area (Å²) < 4.78 is 30.4. The van der Waals surface area contributed by atoms with Gasteiger partial charge in [0.15, 0.2) is 6.10 Å². The highest BCUT2D eigenvalue weighted by atomic mass is 31.2. The van der Waals surface area contributed by atoms with Crippen LogP contribution in [0.5, 0.6) is 0 Å². The number of carbonyl (C=O) groups is 2. The highest BCUT2D eigenvalue weighted by Gasteiger charge is 2.18. The topological polar surface area (TPSA) is 111 Å². The van der Waals surface area contributed by atoms with Gasteiger partial charge in [0.25, 0.3) is 14.3 Å². The van der Waals surface area contributed by atoms with Crippen molar-refractivity contribution in [1.29, 1.82) is 0 Å². The molecule has 0 aliphatic carbocycles. The quantitative estimate of drug-likeness (QED) is 0.212. The van der Waals surface area contributed by atoms with Gasteiger partial charge in [-0.1, -0.05) is 0 Å². The minimum absolute atomic E-state index is 0.0343.